The van der Waals surface area contributed by atoms with Crippen molar-refractivity contribution in [3.8, 4) is 16.9 Å². The standard InChI is InChI=1S/C32H44N6O.C2H4/c1-20(2)33-17-21(3)35-28-10-11-32(6,7)16-27(28)22(4)38-12-13-39-30-9-8-24(14-26(30)19-38)25-15-29-31(34-18-25)37-23(5)36-29;1-2/h8-9,14-15,18,20,22,33H,10-13,16-17,19H2,1-7H3,(H,34,36,37);1-2H2. The van der Waals surface area contributed by atoms with Crippen LogP contribution in [0.3, 0.4) is 0 Å². The Kier molecular flexibility index (Phi) is 9.82. The molecule has 0 saturated carbocycles. The second kappa shape index (κ2) is 13.1. The van der Waals surface area contributed by atoms with Crippen LogP contribution in [0, 0.1) is 12.3 Å². The van der Waals surface area contributed by atoms with Gasteiger partial charge in [0.25, 0.3) is 0 Å². The third-order valence-electron chi connectivity index (χ3n) is 8.08. The van der Waals surface area contributed by atoms with E-state index in [2.05, 4.69) is 104 Å². The Hall–Kier alpha value is -3.29. The maximum atomic E-state index is 6.24. The summed E-state index contributed by atoms with van der Waals surface area (Å²) in [7, 11) is 0. The average Bonchev–Trinajstić information content (AvgIpc) is 3.19. The van der Waals surface area contributed by atoms with Gasteiger partial charge in [-0.05, 0) is 74.8 Å². The summed E-state index contributed by atoms with van der Waals surface area (Å²) >= 11 is 0. The Labute approximate surface area is 246 Å². The fourth-order valence-corrected chi connectivity index (χ4v) is 5.78. The topological polar surface area (TPSA) is 78.4 Å². The number of hydrogen-bond donors (Lipinski definition) is 2. The van der Waals surface area contributed by atoms with Gasteiger partial charge in [0.05, 0.1) is 5.52 Å². The largest absolute Gasteiger partial charge is 0.492 e. The van der Waals surface area contributed by atoms with Crippen molar-refractivity contribution >= 4 is 16.9 Å². The minimum atomic E-state index is 0.288. The van der Waals surface area contributed by atoms with Crippen LogP contribution < -0.4 is 10.1 Å². The van der Waals surface area contributed by atoms with Gasteiger partial charge in [-0.1, -0.05) is 33.8 Å². The molecule has 0 bridgehead atoms. The molecule has 7 heteroatoms. The summed E-state index contributed by atoms with van der Waals surface area (Å²) in [5, 5.41) is 3.52. The molecule has 1 aliphatic heterocycles. The zero-order valence-electron chi connectivity index (χ0n) is 26.1. The molecule has 0 amide bonds. The first-order chi connectivity index (χ1) is 19.6. The summed E-state index contributed by atoms with van der Waals surface area (Å²) in [6, 6.07) is 9.40. The van der Waals surface area contributed by atoms with E-state index in [0.29, 0.717) is 18.7 Å². The van der Waals surface area contributed by atoms with Crippen molar-refractivity contribution in [2.45, 2.75) is 86.4 Å². The van der Waals surface area contributed by atoms with Crippen molar-refractivity contribution in [1.82, 2.24) is 25.2 Å². The van der Waals surface area contributed by atoms with Crippen LogP contribution >= 0.6 is 0 Å². The zero-order chi connectivity index (χ0) is 29.7. The van der Waals surface area contributed by atoms with E-state index in [4.69, 9.17) is 9.73 Å². The SMILES string of the molecule is C=C.CC(CNC(C)C)=NC1=C(C(C)N2CCOc3ccc(-c4cnc5nc(C)[nH]c5c4)cc3C2)CC(C)(C)CC1. The van der Waals surface area contributed by atoms with Gasteiger partial charge in [-0.3, -0.25) is 9.89 Å². The van der Waals surface area contributed by atoms with Gasteiger partial charge in [0.2, 0.25) is 0 Å². The number of aryl methyl sites for hydroxylation is 1. The van der Waals surface area contributed by atoms with Crippen molar-refractivity contribution in [1.29, 1.82) is 0 Å². The van der Waals surface area contributed by atoms with Gasteiger partial charge >= 0.3 is 0 Å². The minimum Gasteiger partial charge on any atom is -0.492 e. The van der Waals surface area contributed by atoms with Crippen molar-refractivity contribution in [2.24, 2.45) is 10.4 Å². The maximum Gasteiger partial charge on any atom is 0.177 e. The normalized spacial score (nSPS) is 18.4. The number of nitrogens with zero attached hydrogens (tertiary/aromatic N) is 4. The van der Waals surface area contributed by atoms with Crippen molar-refractivity contribution < 1.29 is 4.74 Å². The number of H-pyrrole nitrogens is 1. The van der Waals surface area contributed by atoms with Gasteiger partial charge in [-0.15, -0.1) is 13.2 Å². The van der Waals surface area contributed by atoms with Gasteiger partial charge in [-0.25, -0.2) is 9.97 Å². The highest BCUT2D eigenvalue weighted by molar-refractivity contribution is 5.85. The third-order valence-corrected chi connectivity index (χ3v) is 8.08. The van der Waals surface area contributed by atoms with Gasteiger partial charge in [0.1, 0.15) is 18.2 Å². The van der Waals surface area contributed by atoms with Gasteiger partial charge in [0.15, 0.2) is 5.65 Å². The minimum absolute atomic E-state index is 0.288. The molecule has 1 aliphatic carbocycles. The number of hydrogen-bond acceptors (Lipinski definition) is 6. The van der Waals surface area contributed by atoms with Gasteiger partial charge < -0.3 is 15.0 Å². The molecule has 5 rings (SSSR count). The molecule has 2 aliphatic rings. The van der Waals surface area contributed by atoms with Crippen LogP contribution in [-0.2, 0) is 6.54 Å². The van der Waals surface area contributed by atoms with E-state index < -0.39 is 0 Å². The Bertz CT molecular complexity index is 1420. The number of aromatic nitrogens is 3. The van der Waals surface area contributed by atoms with Gasteiger partial charge in [-0.2, -0.15) is 0 Å². The first-order valence-corrected chi connectivity index (χ1v) is 14.9. The predicted octanol–water partition coefficient (Wildman–Crippen LogP) is 7.24. The first-order valence-electron chi connectivity index (χ1n) is 14.9. The highest BCUT2D eigenvalue weighted by atomic mass is 16.5. The van der Waals surface area contributed by atoms with Crippen LogP contribution in [0.2, 0.25) is 0 Å². The summed E-state index contributed by atoms with van der Waals surface area (Å²) < 4.78 is 6.24. The molecule has 0 saturated heterocycles. The molecule has 7 nitrogen and oxygen atoms in total. The summed E-state index contributed by atoms with van der Waals surface area (Å²) in [6.07, 6.45) is 5.21. The molecule has 3 heterocycles. The number of nitrogens with one attached hydrogen (secondary N) is 2. The van der Waals surface area contributed by atoms with Crippen molar-refractivity contribution in [2.75, 3.05) is 19.7 Å². The zero-order valence-corrected chi connectivity index (χ0v) is 26.1. The van der Waals surface area contributed by atoms with E-state index in [-0.39, 0.29) is 5.41 Å². The number of rotatable bonds is 7. The van der Waals surface area contributed by atoms with Crippen LogP contribution in [0.25, 0.3) is 22.3 Å². The summed E-state index contributed by atoms with van der Waals surface area (Å²) in [5.74, 6) is 1.86. The molecule has 1 aromatic carbocycles. The number of pyridine rings is 1. The van der Waals surface area contributed by atoms with E-state index in [1.165, 1.54) is 23.3 Å². The second-order valence-electron chi connectivity index (χ2n) is 12.4. The molecule has 1 unspecified atom stereocenters. The summed E-state index contributed by atoms with van der Waals surface area (Å²) in [4.78, 5) is 20.1. The molecule has 3 aromatic rings. The molecule has 2 N–H and O–H groups in total. The van der Waals surface area contributed by atoms with Crippen molar-refractivity contribution in [3.63, 3.8) is 0 Å². The van der Waals surface area contributed by atoms with Crippen LogP contribution in [0.5, 0.6) is 5.75 Å². The fraction of sp³-hybridized carbons (Fsp3) is 0.500. The van der Waals surface area contributed by atoms with Crippen LogP contribution in [0.15, 0.2) is 59.9 Å². The third kappa shape index (κ3) is 7.52. The first kappa shape index (κ1) is 30.7. The number of fused-ring (bicyclic) bond motifs is 2. The Morgan fingerprint density at radius 1 is 1.20 bits per heavy atom. The number of allylic oxidation sites excluding steroid dienone is 1. The van der Waals surface area contributed by atoms with E-state index in [0.717, 1.165) is 72.1 Å². The van der Waals surface area contributed by atoms with Crippen molar-refractivity contribution in [3.05, 3.63) is 66.3 Å². The molecule has 220 valence electrons. The number of imidazole rings is 1. The number of benzene rings is 1. The molecule has 41 heavy (non-hydrogen) atoms. The lowest BCUT2D eigenvalue weighted by atomic mass is 9.74. The quantitative estimate of drug-likeness (QED) is 0.237. The summed E-state index contributed by atoms with van der Waals surface area (Å²) in [6.45, 7) is 24.9. The van der Waals surface area contributed by atoms with Crippen LogP contribution in [-0.4, -0.2) is 57.3 Å². The maximum absolute atomic E-state index is 6.24. The molecular weight excluding hydrogens is 508 g/mol. The Balaban J connectivity index is 0.00000189. The second-order valence-corrected chi connectivity index (χ2v) is 12.4. The lowest BCUT2D eigenvalue weighted by molar-refractivity contribution is 0.182. The average molecular weight is 557 g/mol. The lowest BCUT2D eigenvalue weighted by Gasteiger charge is -2.38. The number of ether oxygens (including phenoxy) is 1. The van der Waals surface area contributed by atoms with Crippen LogP contribution in [0.4, 0.5) is 0 Å². The summed E-state index contributed by atoms with van der Waals surface area (Å²) in [5.41, 5.74) is 9.39. The Morgan fingerprint density at radius 2 is 1.98 bits per heavy atom. The van der Waals surface area contributed by atoms with E-state index in [1.807, 2.05) is 13.1 Å². The monoisotopic (exact) mass is 556 g/mol. The van der Waals surface area contributed by atoms with E-state index in [1.54, 1.807) is 0 Å². The van der Waals surface area contributed by atoms with Crippen LogP contribution in [0.1, 0.15) is 72.2 Å². The molecule has 0 radical (unpaired) electrons. The van der Waals surface area contributed by atoms with E-state index in [9.17, 15) is 0 Å². The predicted molar refractivity (Wildman–Crippen MR) is 172 cm³/mol. The van der Waals surface area contributed by atoms with Gasteiger partial charge in [0, 0.05) is 60.5 Å². The fourth-order valence-electron chi connectivity index (χ4n) is 5.78. The molecule has 0 spiro atoms. The highest BCUT2D eigenvalue weighted by Gasteiger charge is 2.32. The molecule has 0 fully saturated rings. The highest BCUT2D eigenvalue weighted by Crippen LogP contribution is 2.42. The molecule has 1 atom stereocenters. The Morgan fingerprint density at radius 3 is 2.73 bits per heavy atom. The molecular formula is C34H48N6O. The lowest BCUT2D eigenvalue weighted by Crippen LogP contribution is -2.38. The molecule has 2 aromatic heterocycles. The van der Waals surface area contributed by atoms with E-state index >= 15 is 0 Å². The number of aliphatic imine (C=N–C) groups is 1. The number of aromatic amines is 1. The smallest absolute Gasteiger partial charge is 0.177 e.